The van der Waals surface area contributed by atoms with Crippen molar-refractivity contribution in [3.05, 3.63) is 64.6 Å². The third kappa shape index (κ3) is 4.65. The maximum Gasteiger partial charge on any atom is 0.333 e. The third-order valence-corrected chi connectivity index (χ3v) is 4.50. The highest BCUT2D eigenvalue weighted by Crippen LogP contribution is 2.19. The van der Waals surface area contributed by atoms with Gasteiger partial charge in [-0.25, -0.2) is 14.3 Å². The smallest absolute Gasteiger partial charge is 0.333 e. The number of hydrogen-bond donors (Lipinski definition) is 1. The molecule has 0 atom stereocenters. The highest BCUT2D eigenvalue weighted by molar-refractivity contribution is 5.91. The molecule has 0 aliphatic carbocycles. The minimum absolute atomic E-state index is 0.0240. The van der Waals surface area contributed by atoms with Crippen LogP contribution < -0.4 is 20.5 Å². The number of benzene rings is 2. The summed E-state index contributed by atoms with van der Waals surface area (Å²) in [6.07, 6.45) is 0. The molecule has 30 heavy (non-hydrogen) atoms. The van der Waals surface area contributed by atoms with E-state index in [0.29, 0.717) is 22.5 Å². The van der Waals surface area contributed by atoms with Crippen molar-refractivity contribution in [2.45, 2.75) is 33.4 Å². The van der Waals surface area contributed by atoms with Gasteiger partial charge >= 0.3 is 12.0 Å². The van der Waals surface area contributed by atoms with Gasteiger partial charge in [0.05, 0.1) is 11.1 Å². The van der Waals surface area contributed by atoms with Gasteiger partial charge in [0.2, 0.25) is 0 Å². The number of hydrogen-bond acceptors (Lipinski definition) is 5. The number of carbonyl (C=O) groups excluding carboxylic acids is 2. The standard InChI is InChI=1S/C22H24N4O4/c1-14(2)23-22(29)25(4)16-9-11-17(12-10-16)30-20(27)13-26-21(28)19-8-6-5-7-18(19)15(3)24-26/h5-12,14H,13H2,1-4H3,(H,23,29). The predicted molar refractivity (Wildman–Crippen MR) is 115 cm³/mol. The molecule has 156 valence electrons. The lowest BCUT2D eigenvalue weighted by atomic mass is 10.1. The summed E-state index contributed by atoms with van der Waals surface area (Å²) in [5.41, 5.74) is 0.961. The number of nitrogens with one attached hydrogen (secondary N) is 1. The first kappa shape index (κ1) is 21.0. The molecule has 0 fully saturated rings. The maximum absolute atomic E-state index is 12.6. The van der Waals surface area contributed by atoms with Crippen LogP contribution in [0.2, 0.25) is 0 Å². The molecule has 1 N–H and O–H groups in total. The molecule has 3 aromatic rings. The Bertz CT molecular complexity index is 1140. The van der Waals surface area contributed by atoms with Crippen LogP contribution in [-0.2, 0) is 11.3 Å². The van der Waals surface area contributed by atoms with Crippen LogP contribution in [0.25, 0.3) is 10.8 Å². The van der Waals surface area contributed by atoms with E-state index in [4.69, 9.17) is 4.74 Å². The summed E-state index contributed by atoms with van der Waals surface area (Å²) < 4.78 is 6.44. The fourth-order valence-corrected chi connectivity index (χ4v) is 3.00. The molecular formula is C22H24N4O4. The molecule has 0 aliphatic rings. The number of esters is 1. The molecule has 0 radical (unpaired) electrons. The van der Waals surface area contributed by atoms with Crippen molar-refractivity contribution in [3.8, 4) is 5.75 Å². The summed E-state index contributed by atoms with van der Waals surface area (Å²) in [6.45, 7) is 5.24. The molecule has 0 aliphatic heterocycles. The Hall–Kier alpha value is -3.68. The molecule has 0 saturated carbocycles. The number of anilines is 1. The van der Waals surface area contributed by atoms with Crippen LogP contribution in [0, 0.1) is 6.92 Å². The number of nitrogens with zero attached hydrogens (tertiary/aromatic N) is 3. The van der Waals surface area contributed by atoms with E-state index in [1.54, 1.807) is 50.4 Å². The predicted octanol–water partition coefficient (Wildman–Crippen LogP) is 2.86. The molecule has 0 spiro atoms. The normalized spacial score (nSPS) is 10.8. The monoisotopic (exact) mass is 408 g/mol. The maximum atomic E-state index is 12.6. The van der Waals surface area contributed by atoms with E-state index in [0.717, 1.165) is 10.1 Å². The minimum Gasteiger partial charge on any atom is -0.425 e. The Labute approximate surface area is 174 Å². The zero-order valence-corrected chi connectivity index (χ0v) is 17.4. The van der Waals surface area contributed by atoms with Crippen molar-refractivity contribution in [2.75, 3.05) is 11.9 Å². The van der Waals surface area contributed by atoms with Gasteiger partial charge in [0.1, 0.15) is 12.3 Å². The molecule has 8 heteroatoms. The van der Waals surface area contributed by atoms with Gasteiger partial charge in [-0.3, -0.25) is 9.69 Å². The van der Waals surface area contributed by atoms with E-state index in [2.05, 4.69) is 10.4 Å². The van der Waals surface area contributed by atoms with Crippen LogP contribution >= 0.6 is 0 Å². The average Bonchev–Trinajstić information content (AvgIpc) is 2.71. The summed E-state index contributed by atoms with van der Waals surface area (Å²) in [5.74, 6) is -0.301. The summed E-state index contributed by atoms with van der Waals surface area (Å²) in [7, 11) is 1.65. The molecular weight excluding hydrogens is 384 g/mol. The summed E-state index contributed by atoms with van der Waals surface area (Å²) in [6, 6.07) is 13.5. The Kier molecular flexibility index (Phi) is 6.15. The van der Waals surface area contributed by atoms with Gasteiger partial charge in [0.25, 0.3) is 5.56 Å². The lowest BCUT2D eigenvalue weighted by molar-refractivity contribution is -0.135. The molecule has 0 bridgehead atoms. The number of aryl methyl sites for hydroxylation is 1. The Balaban J connectivity index is 1.70. The first-order valence-electron chi connectivity index (χ1n) is 9.57. The number of amides is 2. The largest absolute Gasteiger partial charge is 0.425 e. The summed E-state index contributed by atoms with van der Waals surface area (Å²) >= 11 is 0. The van der Waals surface area contributed by atoms with Crippen molar-refractivity contribution in [1.82, 2.24) is 15.1 Å². The van der Waals surface area contributed by atoms with Crippen molar-refractivity contribution in [3.63, 3.8) is 0 Å². The van der Waals surface area contributed by atoms with E-state index in [-0.39, 0.29) is 24.2 Å². The zero-order chi connectivity index (χ0) is 21.8. The number of fused-ring (bicyclic) bond motifs is 1. The van der Waals surface area contributed by atoms with Gasteiger partial charge < -0.3 is 10.1 Å². The molecule has 8 nitrogen and oxygen atoms in total. The topological polar surface area (TPSA) is 93.5 Å². The van der Waals surface area contributed by atoms with E-state index in [1.807, 2.05) is 26.0 Å². The van der Waals surface area contributed by atoms with E-state index in [1.165, 1.54) is 4.90 Å². The molecule has 0 unspecified atom stereocenters. The second-order valence-corrected chi connectivity index (χ2v) is 7.22. The molecule has 1 aromatic heterocycles. The van der Waals surface area contributed by atoms with E-state index < -0.39 is 5.97 Å². The second-order valence-electron chi connectivity index (χ2n) is 7.22. The van der Waals surface area contributed by atoms with Crippen LogP contribution in [0.1, 0.15) is 19.5 Å². The second kappa shape index (κ2) is 8.77. The zero-order valence-electron chi connectivity index (χ0n) is 17.4. The average molecular weight is 408 g/mol. The number of aromatic nitrogens is 2. The van der Waals surface area contributed by atoms with Gasteiger partial charge in [0.15, 0.2) is 0 Å². The van der Waals surface area contributed by atoms with Crippen LogP contribution in [0.4, 0.5) is 10.5 Å². The van der Waals surface area contributed by atoms with E-state index in [9.17, 15) is 14.4 Å². The highest BCUT2D eigenvalue weighted by atomic mass is 16.5. The molecule has 0 saturated heterocycles. The van der Waals surface area contributed by atoms with Crippen molar-refractivity contribution in [1.29, 1.82) is 0 Å². The molecule has 2 amide bonds. The van der Waals surface area contributed by atoms with Gasteiger partial charge in [-0.1, -0.05) is 18.2 Å². The Morgan fingerprint density at radius 2 is 1.73 bits per heavy atom. The fourth-order valence-electron chi connectivity index (χ4n) is 3.00. The lowest BCUT2D eigenvalue weighted by Crippen LogP contribution is -2.40. The fraction of sp³-hybridized carbons (Fsp3) is 0.273. The summed E-state index contributed by atoms with van der Waals surface area (Å²) in [4.78, 5) is 38.4. The van der Waals surface area contributed by atoms with Crippen LogP contribution in [0.5, 0.6) is 5.75 Å². The summed E-state index contributed by atoms with van der Waals surface area (Å²) in [5, 5.41) is 8.28. The van der Waals surface area contributed by atoms with Crippen LogP contribution in [-0.4, -0.2) is 34.9 Å². The van der Waals surface area contributed by atoms with Crippen molar-refractivity contribution >= 4 is 28.5 Å². The Morgan fingerprint density at radius 1 is 1.10 bits per heavy atom. The molecule has 1 heterocycles. The number of ether oxygens (including phenoxy) is 1. The van der Waals surface area contributed by atoms with Gasteiger partial charge in [-0.05, 0) is 51.1 Å². The first-order valence-corrected chi connectivity index (χ1v) is 9.57. The SMILES string of the molecule is Cc1nn(CC(=O)Oc2ccc(N(C)C(=O)NC(C)C)cc2)c(=O)c2ccccc12. The lowest BCUT2D eigenvalue weighted by Gasteiger charge is -2.20. The molecule has 3 rings (SSSR count). The van der Waals surface area contributed by atoms with Crippen LogP contribution in [0.3, 0.4) is 0 Å². The van der Waals surface area contributed by atoms with Crippen molar-refractivity contribution < 1.29 is 14.3 Å². The van der Waals surface area contributed by atoms with Gasteiger partial charge in [-0.2, -0.15) is 5.10 Å². The Morgan fingerprint density at radius 3 is 2.37 bits per heavy atom. The third-order valence-electron chi connectivity index (χ3n) is 4.50. The van der Waals surface area contributed by atoms with Crippen LogP contribution in [0.15, 0.2) is 53.3 Å². The van der Waals surface area contributed by atoms with E-state index >= 15 is 0 Å². The van der Waals surface area contributed by atoms with Gasteiger partial charge in [-0.15, -0.1) is 0 Å². The first-order chi connectivity index (χ1) is 14.3. The number of carbonyl (C=O) groups is 2. The number of rotatable bonds is 5. The highest BCUT2D eigenvalue weighted by Gasteiger charge is 2.14. The minimum atomic E-state index is -0.613. The molecule has 2 aromatic carbocycles. The quantitative estimate of drug-likeness (QED) is 0.518. The van der Waals surface area contributed by atoms with Crippen molar-refractivity contribution in [2.24, 2.45) is 0 Å². The number of urea groups is 1. The van der Waals surface area contributed by atoms with Gasteiger partial charge in [0, 0.05) is 24.2 Å².